The van der Waals surface area contributed by atoms with Gasteiger partial charge in [0.05, 0.1) is 0 Å². The van der Waals surface area contributed by atoms with E-state index in [4.69, 9.17) is 20.4 Å². The van der Waals surface area contributed by atoms with Gasteiger partial charge in [-0.05, 0) is 13.0 Å². The molecule has 0 aliphatic rings. The van der Waals surface area contributed by atoms with Crippen LogP contribution in [0.1, 0.15) is 6.92 Å². The van der Waals surface area contributed by atoms with Crippen LogP contribution in [-0.4, -0.2) is 65.0 Å². The number of phosphoric ester groups is 1. The average Bonchev–Trinajstić information content (AvgIpc) is 2.55. The molecule has 0 saturated heterocycles. The largest absolute Gasteiger partial charge is 0.490 e. The fourth-order valence-corrected chi connectivity index (χ4v) is 5.06. The Kier molecular flexibility index (Phi) is 8.48. The third-order valence-corrected chi connectivity index (χ3v) is 7.20. The highest BCUT2D eigenvalue weighted by atomic mass is 31.3. The van der Waals surface area contributed by atoms with Gasteiger partial charge in [0.1, 0.15) is 12.4 Å². The lowest BCUT2D eigenvalue weighted by Crippen LogP contribution is -2.59. The second-order valence-corrected chi connectivity index (χ2v) is 10.3. The molecule has 0 aliphatic carbocycles. The molecule has 21 heteroatoms. The van der Waals surface area contributed by atoms with Crippen LogP contribution in [0.2, 0.25) is 0 Å². The Morgan fingerprint density at radius 3 is 2.23 bits per heavy atom. The van der Waals surface area contributed by atoms with Crippen molar-refractivity contribution in [3.8, 4) is 0 Å². The molecule has 8 N–H and O–H groups in total. The molecule has 0 saturated carbocycles. The van der Waals surface area contributed by atoms with Crippen molar-refractivity contribution in [2.75, 3.05) is 19.5 Å². The van der Waals surface area contributed by atoms with Crippen LogP contribution in [0.3, 0.4) is 0 Å². The van der Waals surface area contributed by atoms with Crippen molar-refractivity contribution in [1.29, 1.82) is 0 Å². The standard InChI is InChI=1S/C10H19FN3O14P3/c1-9(17,14-4-3-6(12)13-8(14)16)7(15)10(11,25-2)5-26-30(21,22)28-31(23,24)27-29(18,19)20/h3-4,7,15,17H,5H2,1-2H3,(H,21,22)(H,23,24)(H2,12,13,16)(H2,18,19,20)/t7-,9+,10+/m0/s1. The summed E-state index contributed by atoms with van der Waals surface area (Å²) in [6, 6.07) is 1.02. The number of anilines is 1. The second kappa shape index (κ2) is 9.41. The Balaban J connectivity index is 3.08. The van der Waals surface area contributed by atoms with E-state index in [1.54, 1.807) is 0 Å². The van der Waals surface area contributed by atoms with E-state index in [1.807, 2.05) is 0 Å². The van der Waals surface area contributed by atoms with E-state index in [0.29, 0.717) is 11.7 Å². The van der Waals surface area contributed by atoms with Crippen molar-refractivity contribution < 1.29 is 65.8 Å². The van der Waals surface area contributed by atoms with Gasteiger partial charge >= 0.3 is 29.2 Å². The Hall–Kier alpha value is -1.10. The number of aliphatic hydroxyl groups excluding tert-OH is 1. The number of rotatable bonds is 11. The summed E-state index contributed by atoms with van der Waals surface area (Å²) in [7, 11) is -16.7. The van der Waals surface area contributed by atoms with Crippen molar-refractivity contribution >= 4 is 29.3 Å². The van der Waals surface area contributed by atoms with Gasteiger partial charge in [-0.1, -0.05) is 0 Å². The van der Waals surface area contributed by atoms with Crippen molar-refractivity contribution in [2.24, 2.45) is 0 Å². The van der Waals surface area contributed by atoms with Crippen LogP contribution in [0, 0.1) is 0 Å². The Morgan fingerprint density at radius 2 is 1.77 bits per heavy atom. The van der Waals surface area contributed by atoms with Gasteiger partial charge in [-0.3, -0.25) is 9.09 Å². The summed E-state index contributed by atoms with van der Waals surface area (Å²) in [4.78, 5) is 50.4. The molecule has 0 amide bonds. The zero-order valence-corrected chi connectivity index (χ0v) is 18.3. The van der Waals surface area contributed by atoms with E-state index in [9.17, 15) is 33.6 Å². The summed E-state index contributed by atoms with van der Waals surface area (Å²) in [6.07, 6.45) is -1.90. The van der Waals surface area contributed by atoms with E-state index in [1.165, 1.54) is 0 Å². The van der Waals surface area contributed by atoms with Crippen LogP contribution < -0.4 is 11.4 Å². The number of nitrogen functional groups attached to an aromatic ring is 1. The first-order valence-corrected chi connectivity index (χ1v) is 12.1. The number of hydrogen-bond donors (Lipinski definition) is 7. The third-order valence-electron chi connectivity index (χ3n) is 3.42. The molecule has 0 radical (unpaired) electrons. The second-order valence-electron chi connectivity index (χ2n) is 5.86. The number of nitrogens with zero attached hydrogens (tertiary/aromatic N) is 2. The summed E-state index contributed by atoms with van der Waals surface area (Å²) in [5.41, 5.74) is 1.24. The van der Waals surface area contributed by atoms with E-state index in [2.05, 4.69) is 22.9 Å². The lowest BCUT2D eigenvalue weighted by atomic mass is 10.0. The van der Waals surface area contributed by atoms with E-state index in [0.717, 1.165) is 19.2 Å². The number of ether oxygens (including phenoxy) is 1. The fraction of sp³-hybridized carbons (Fsp3) is 0.600. The third kappa shape index (κ3) is 7.76. The number of aliphatic hydroxyl groups is 2. The van der Waals surface area contributed by atoms with Gasteiger partial charge in [0.25, 0.3) is 5.85 Å². The van der Waals surface area contributed by atoms with Crippen LogP contribution >= 0.6 is 23.5 Å². The van der Waals surface area contributed by atoms with Gasteiger partial charge in [-0.2, -0.15) is 13.6 Å². The van der Waals surface area contributed by atoms with Gasteiger partial charge in [-0.25, -0.2) is 22.9 Å². The summed E-state index contributed by atoms with van der Waals surface area (Å²) in [6.45, 7) is -1.04. The summed E-state index contributed by atoms with van der Waals surface area (Å²) >= 11 is 0. The molecule has 17 nitrogen and oxygen atoms in total. The molecule has 0 spiro atoms. The Bertz CT molecular complexity index is 996. The molecule has 1 rings (SSSR count). The maximum Gasteiger partial charge on any atom is 0.490 e. The smallest absolute Gasteiger partial charge is 0.383 e. The molecule has 180 valence electrons. The molecule has 0 aliphatic heterocycles. The van der Waals surface area contributed by atoms with E-state index in [-0.39, 0.29) is 5.82 Å². The number of phosphoric acid groups is 3. The molecular weight excluding hydrogens is 498 g/mol. The van der Waals surface area contributed by atoms with Crippen molar-refractivity contribution in [3.63, 3.8) is 0 Å². The van der Waals surface area contributed by atoms with Crippen molar-refractivity contribution in [1.82, 2.24) is 9.55 Å². The van der Waals surface area contributed by atoms with Gasteiger partial charge in [-0.15, -0.1) is 0 Å². The number of methoxy groups -OCH3 is 1. The SMILES string of the molecule is CO[C@](F)(COP(=O)(O)OP(=O)(O)OP(=O)(O)O)[C@@H](O)[C@@](C)(O)n1ccc(N)nc1=O. The van der Waals surface area contributed by atoms with Crippen molar-refractivity contribution in [3.05, 3.63) is 22.7 Å². The molecule has 31 heavy (non-hydrogen) atoms. The average molecular weight is 517 g/mol. The number of nitrogens with two attached hydrogens (primary N) is 1. The maximum atomic E-state index is 15.0. The highest BCUT2D eigenvalue weighted by Crippen LogP contribution is 2.66. The van der Waals surface area contributed by atoms with Gasteiger partial charge in [0.2, 0.25) is 0 Å². The van der Waals surface area contributed by atoms with Crippen LogP contribution in [-0.2, 0) is 37.3 Å². The Labute approximate surface area is 172 Å². The van der Waals surface area contributed by atoms with Crippen LogP contribution in [0.5, 0.6) is 0 Å². The lowest BCUT2D eigenvalue weighted by molar-refractivity contribution is -0.273. The number of aromatic nitrogens is 2. The predicted octanol–water partition coefficient (Wildman–Crippen LogP) is -1.49. The molecule has 0 aromatic carbocycles. The molecule has 1 heterocycles. The van der Waals surface area contributed by atoms with Crippen LogP contribution in [0.4, 0.5) is 10.2 Å². The van der Waals surface area contributed by atoms with E-state index >= 15 is 4.39 Å². The van der Waals surface area contributed by atoms with E-state index < -0.39 is 53.4 Å². The Morgan fingerprint density at radius 1 is 1.23 bits per heavy atom. The predicted molar refractivity (Wildman–Crippen MR) is 95.4 cm³/mol. The summed E-state index contributed by atoms with van der Waals surface area (Å²) < 4.78 is 64.2. The summed E-state index contributed by atoms with van der Waals surface area (Å²) in [5, 5.41) is 20.7. The molecular formula is C10H19FN3O14P3. The first-order valence-electron chi connectivity index (χ1n) is 7.53. The molecule has 1 aromatic heterocycles. The monoisotopic (exact) mass is 517 g/mol. The molecule has 2 unspecified atom stereocenters. The quantitative estimate of drug-likeness (QED) is 0.165. The lowest BCUT2D eigenvalue weighted by Gasteiger charge is -2.38. The van der Waals surface area contributed by atoms with Crippen LogP contribution in [0.25, 0.3) is 0 Å². The molecule has 5 atom stereocenters. The number of hydrogen-bond acceptors (Lipinski definition) is 12. The zero-order valence-electron chi connectivity index (χ0n) is 15.6. The first-order chi connectivity index (χ1) is 13.7. The minimum absolute atomic E-state index is 0.266. The van der Waals surface area contributed by atoms with Gasteiger partial charge in [0.15, 0.2) is 11.8 Å². The topological polar surface area (TPSA) is 270 Å². The normalized spacial score (nSPS) is 21.3. The molecule has 0 bridgehead atoms. The zero-order chi connectivity index (χ0) is 24.5. The maximum absolute atomic E-state index is 15.0. The number of halogens is 1. The van der Waals surface area contributed by atoms with Crippen molar-refractivity contribution in [2.45, 2.75) is 24.6 Å². The first kappa shape index (κ1) is 27.9. The highest BCUT2D eigenvalue weighted by molar-refractivity contribution is 7.66. The van der Waals surface area contributed by atoms with Gasteiger partial charge in [0, 0.05) is 13.3 Å². The minimum atomic E-state index is -5.88. The molecule has 1 aromatic rings. The molecule has 0 fully saturated rings. The minimum Gasteiger partial charge on any atom is -0.383 e. The number of alkyl halides is 1. The fourth-order valence-electron chi connectivity index (χ4n) is 2.02. The van der Waals surface area contributed by atoms with Gasteiger partial charge < -0.3 is 40.3 Å². The summed E-state index contributed by atoms with van der Waals surface area (Å²) in [5.74, 6) is -3.84. The van der Waals surface area contributed by atoms with Crippen LogP contribution in [0.15, 0.2) is 17.1 Å². The highest BCUT2D eigenvalue weighted by Gasteiger charge is 2.52.